The minimum atomic E-state index is -0.267. The van der Waals surface area contributed by atoms with Gasteiger partial charge in [0.2, 0.25) is 5.91 Å². The number of aryl methyl sites for hydroxylation is 1. The summed E-state index contributed by atoms with van der Waals surface area (Å²) in [5.74, 6) is -0.0363. The minimum absolute atomic E-state index is 0.0363. The molecule has 7 heteroatoms. The quantitative estimate of drug-likeness (QED) is 0.533. The van der Waals surface area contributed by atoms with Crippen molar-refractivity contribution in [2.45, 2.75) is 30.5 Å². The van der Waals surface area contributed by atoms with Crippen molar-refractivity contribution in [2.75, 3.05) is 5.32 Å². The highest BCUT2D eigenvalue weighted by Crippen LogP contribution is 2.31. The van der Waals surface area contributed by atoms with Crippen LogP contribution >= 0.6 is 11.8 Å². The molecule has 0 spiro atoms. The fraction of sp³-hybridized carbons (Fsp3) is 0.211. The summed E-state index contributed by atoms with van der Waals surface area (Å²) in [6, 6.07) is 11.6. The zero-order chi connectivity index (χ0) is 18.1. The number of thioether (sulfide) groups is 1. The van der Waals surface area contributed by atoms with Crippen LogP contribution < -0.4 is 5.32 Å². The van der Waals surface area contributed by atoms with Crippen LogP contribution in [0.4, 0.5) is 5.69 Å². The summed E-state index contributed by atoms with van der Waals surface area (Å²) in [7, 11) is 0. The summed E-state index contributed by atoms with van der Waals surface area (Å²) in [6.07, 6.45) is 3.99. The summed E-state index contributed by atoms with van der Waals surface area (Å²) in [6.45, 7) is 3.97. The number of hydrogen-bond donors (Lipinski definition) is 1. The molecule has 0 radical (unpaired) electrons. The summed E-state index contributed by atoms with van der Waals surface area (Å²) in [5.41, 5.74) is 4.48. The number of furan rings is 1. The predicted octanol–water partition coefficient (Wildman–Crippen LogP) is 4.29. The molecule has 0 saturated heterocycles. The van der Waals surface area contributed by atoms with Crippen molar-refractivity contribution in [3.8, 4) is 0 Å². The third-order valence-electron chi connectivity index (χ3n) is 4.32. The van der Waals surface area contributed by atoms with Crippen molar-refractivity contribution in [3.63, 3.8) is 0 Å². The summed E-state index contributed by atoms with van der Waals surface area (Å²) in [5, 5.41) is 11.8. The van der Waals surface area contributed by atoms with Gasteiger partial charge in [0.05, 0.1) is 22.5 Å². The first-order valence-corrected chi connectivity index (χ1v) is 9.28. The number of rotatable bonds is 5. The monoisotopic (exact) mass is 366 g/mol. The largest absolute Gasteiger partial charge is 0.463 e. The van der Waals surface area contributed by atoms with E-state index in [1.807, 2.05) is 54.6 Å². The Labute approximate surface area is 154 Å². The van der Waals surface area contributed by atoms with Crippen LogP contribution in [0.15, 0.2) is 58.4 Å². The molecule has 0 fully saturated rings. The van der Waals surface area contributed by atoms with Crippen molar-refractivity contribution >= 4 is 40.0 Å². The number of hydrogen-bond acceptors (Lipinski definition) is 5. The first-order valence-electron chi connectivity index (χ1n) is 8.40. The van der Waals surface area contributed by atoms with Gasteiger partial charge in [-0.3, -0.25) is 9.20 Å². The smallest absolute Gasteiger partial charge is 0.237 e. The van der Waals surface area contributed by atoms with Gasteiger partial charge >= 0.3 is 0 Å². The van der Waals surface area contributed by atoms with Crippen LogP contribution in [0.3, 0.4) is 0 Å². The molecular formula is C19H18N4O2S. The van der Waals surface area contributed by atoms with Gasteiger partial charge in [-0.25, -0.2) is 0 Å². The number of para-hydroxylation sites is 1. The lowest BCUT2D eigenvalue weighted by Crippen LogP contribution is -2.25. The van der Waals surface area contributed by atoms with E-state index in [1.165, 1.54) is 11.8 Å². The van der Waals surface area contributed by atoms with Crippen molar-refractivity contribution in [1.82, 2.24) is 14.6 Å². The standard InChI is InChI=1S/C19H18N4O2S/c1-3-17(18(24)21-13-7-5-4-6-12(13)2)26-19-15-10-16-14(8-9-25-16)23(15)11-20-22-19/h4-11,17H,3H2,1-2H3,(H,21,24). The molecule has 0 saturated carbocycles. The number of amides is 1. The van der Waals surface area contributed by atoms with Crippen molar-refractivity contribution in [1.29, 1.82) is 0 Å². The molecule has 1 aromatic carbocycles. The lowest BCUT2D eigenvalue weighted by atomic mass is 10.2. The molecule has 0 aliphatic carbocycles. The number of carbonyl (C=O) groups excluding carboxylic acids is 1. The van der Waals surface area contributed by atoms with Gasteiger partial charge in [0, 0.05) is 17.8 Å². The average molecular weight is 366 g/mol. The van der Waals surface area contributed by atoms with E-state index < -0.39 is 0 Å². The highest BCUT2D eigenvalue weighted by Gasteiger charge is 2.22. The SMILES string of the molecule is CCC(Sc1nncn2c1cc1occc12)C(=O)Nc1ccccc1C. The fourth-order valence-electron chi connectivity index (χ4n) is 2.88. The third-order valence-corrected chi connectivity index (χ3v) is 5.66. The van der Waals surface area contributed by atoms with Crippen molar-refractivity contribution in [2.24, 2.45) is 0 Å². The van der Waals surface area contributed by atoms with E-state index in [2.05, 4.69) is 15.5 Å². The summed E-state index contributed by atoms with van der Waals surface area (Å²) < 4.78 is 7.39. The molecular weight excluding hydrogens is 348 g/mol. The molecule has 4 aromatic rings. The maximum atomic E-state index is 12.8. The average Bonchev–Trinajstić information content (AvgIpc) is 3.23. The van der Waals surface area contributed by atoms with Crippen LogP contribution in [0.2, 0.25) is 0 Å². The van der Waals surface area contributed by atoms with Gasteiger partial charge in [-0.15, -0.1) is 10.2 Å². The van der Waals surface area contributed by atoms with Gasteiger partial charge in [0.25, 0.3) is 0 Å². The molecule has 26 heavy (non-hydrogen) atoms. The third kappa shape index (κ3) is 2.94. The van der Waals surface area contributed by atoms with Crippen LogP contribution in [-0.2, 0) is 4.79 Å². The lowest BCUT2D eigenvalue weighted by molar-refractivity contribution is -0.115. The molecule has 1 amide bonds. The van der Waals surface area contributed by atoms with Crippen LogP contribution in [0.1, 0.15) is 18.9 Å². The zero-order valence-corrected chi connectivity index (χ0v) is 15.3. The van der Waals surface area contributed by atoms with Gasteiger partial charge in [-0.05, 0) is 25.0 Å². The summed E-state index contributed by atoms with van der Waals surface area (Å²) >= 11 is 1.42. The minimum Gasteiger partial charge on any atom is -0.463 e. The van der Waals surface area contributed by atoms with Gasteiger partial charge in [0.15, 0.2) is 5.58 Å². The Morgan fingerprint density at radius 2 is 2.15 bits per heavy atom. The second-order valence-electron chi connectivity index (χ2n) is 6.02. The van der Waals surface area contributed by atoms with Crippen LogP contribution in [0.25, 0.3) is 16.6 Å². The van der Waals surface area contributed by atoms with E-state index in [9.17, 15) is 4.79 Å². The molecule has 1 atom stereocenters. The summed E-state index contributed by atoms with van der Waals surface area (Å²) in [4.78, 5) is 12.8. The number of carbonyl (C=O) groups is 1. The fourth-order valence-corrected chi connectivity index (χ4v) is 3.86. The molecule has 0 aliphatic rings. The Hall–Kier alpha value is -2.80. The zero-order valence-electron chi connectivity index (χ0n) is 14.5. The molecule has 0 aliphatic heterocycles. The maximum Gasteiger partial charge on any atom is 0.237 e. The van der Waals surface area contributed by atoms with Gasteiger partial charge in [-0.1, -0.05) is 36.9 Å². The van der Waals surface area contributed by atoms with Crippen molar-refractivity contribution < 1.29 is 9.21 Å². The normalized spacial score (nSPS) is 12.5. The number of fused-ring (bicyclic) bond motifs is 3. The number of aromatic nitrogens is 3. The molecule has 3 aromatic heterocycles. The molecule has 1 unspecified atom stereocenters. The second-order valence-corrected chi connectivity index (χ2v) is 7.22. The number of benzene rings is 1. The molecule has 6 nitrogen and oxygen atoms in total. The highest BCUT2D eigenvalue weighted by atomic mass is 32.2. The topological polar surface area (TPSA) is 72.4 Å². The maximum absolute atomic E-state index is 12.8. The van der Waals surface area contributed by atoms with E-state index in [-0.39, 0.29) is 11.2 Å². The van der Waals surface area contributed by atoms with E-state index >= 15 is 0 Å². The second kappa shape index (κ2) is 6.84. The highest BCUT2D eigenvalue weighted by molar-refractivity contribution is 8.00. The van der Waals surface area contributed by atoms with Crippen LogP contribution in [0.5, 0.6) is 0 Å². The number of nitrogens with one attached hydrogen (secondary N) is 1. The Kier molecular flexibility index (Phi) is 4.38. The lowest BCUT2D eigenvalue weighted by Gasteiger charge is -2.15. The van der Waals surface area contributed by atoms with Crippen LogP contribution in [0, 0.1) is 6.92 Å². The van der Waals surface area contributed by atoms with Gasteiger partial charge in [-0.2, -0.15) is 0 Å². The van der Waals surface area contributed by atoms with E-state index in [1.54, 1.807) is 12.6 Å². The number of anilines is 1. The molecule has 3 heterocycles. The van der Waals surface area contributed by atoms with E-state index in [0.29, 0.717) is 11.4 Å². The van der Waals surface area contributed by atoms with E-state index in [0.717, 1.165) is 27.9 Å². The van der Waals surface area contributed by atoms with Gasteiger partial charge in [0.1, 0.15) is 11.4 Å². The predicted molar refractivity (Wildman–Crippen MR) is 103 cm³/mol. The van der Waals surface area contributed by atoms with Crippen molar-refractivity contribution in [3.05, 3.63) is 54.6 Å². The molecule has 0 bridgehead atoms. The molecule has 4 rings (SSSR count). The molecule has 1 N–H and O–H groups in total. The number of nitrogens with zero attached hydrogens (tertiary/aromatic N) is 3. The van der Waals surface area contributed by atoms with E-state index in [4.69, 9.17) is 4.42 Å². The Morgan fingerprint density at radius 3 is 2.96 bits per heavy atom. The molecule has 132 valence electrons. The van der Waals surface area contributed by atoms with Crippen LogP contribution in [-0.4, -0.2) is 25.8 Å². The Morgan fingerprint density at radius 1 is 1.31 bits per heavy atom. The Bertz CT molecular complexity index is 1090. The first-order chi connectivity index (χ1) is 12.7. The first kappa shape index (κ1) is 16.7. The Balaban J connectivity index is 1.61. The van der Waals surface area contributed by atoms with Gasteiger partial charge < -0.3 is 9.73 Å².